The number of hydrogen-bond acceptors (Lipinski definition) is 39. The van der Waals surface area contributed by atoms with Crippen molar-refractivity contribution < 1.29 is 183 Å². The van der Waals surface area contributed by atoms with Gasteiger partial charge in [-0.05, 0) is 0 Å². The van der Waals surface area contributed by atoms with Crippen LogP contribution >= 0.6 is 23.5 Å². The van der Waals surface area contributed by atoms with E-state index >= 15 is 0 Å². The molecular weight excluding hydrogens is 1260 g/mol. The number of carbonyl (C=O) groups is 2. The Kier molecular flexibility index (Phi) is 26.2. The van der Waals surface area contributed by atoms with E-state index in [2.05, 4.69) is 0 Å². The van der Waals surface area contributed by atoms with Gasteiger partial charge in [0.25, 0.3) is 0 Å². The van der Waals surface area contributed by atoms with E-state index in [0.717, 1.165) is 23.5 Å². The minimum absolute atomic E-state index is 0.319. The Hall–Kier alpha value is -1.76. The maximum Gasteiger partial charge on any atom is 0.321 e. The Bertz CT molecular complexity index is 2200. The number of carboxylic acids is 2. The first kappa shape index (κ1) is 73.1. The van der Waals surface area contributed by atoms with E-state index in [1.54, 1.807) is 0 Å². The van der Waals surface area contributed by atoms with Gasteiger partial charge in [0.05, 0.1) is 45.2 Å². The first-order valence-electron chi connectivity index (χ1n) is 28.1. The largest absolute Gasteiger partial charge is 0.480 e. The number of aliphatic hydroxyl groups is 19. The molecule has 39 nitrogen and oxygen atoms in total. The highest BCUT2D eigenvalue weighted by Crippen LogP contribution is 2.40. The molecule has 14 unspecified atom stereocenters. The van der Waals surface area contributed by atoms with Crippen LogP contribution in [-0.2, 0) is 75.9 Å². The topological polar surface area (TPSA) is 640 Å². The van der Waals surface area contributed by atoms with Gasteiger partial charge in [0.15, 0.2) is 44.0 Å². The maximum absolute atomic E-state index is 11.7. The van der Waals surface area contributed by atoms with Crippen LogP contribution in [0.4, 0.5) is 0 Å². The number of carboxylic acid groups (broad SMARTS) is 2. The summed E-state index contributed by atoms with van der Waals surface area (Å²) in [5.41, 5.74) is 11.4. The lowest BCUT2D eigenvalue weighted by atomic mass is 9.95. The van der Waals surface area contributed by atoms with Crippen molar-refractivity contribution in [3.63, 3.8) is 0 Å². The minimum Gasteiger partial charge on any atom is -0.480 e. The third-order valence-corrected chi connectivity index (χ3v) is 18.5. The molecule has 41 heteroatoms. The van der Waals surface area contributed by atoms with E-state index in [1.807, 2.05) is 0 Å². The average Bonchev–Trinajstić information content (AvgIpc) is 0.884. The van der Waals surface area contributed by atoms with E-state index in [0.29, 0.717) is 0 Å². The number of thioether (sulfide) groups is 2. The molecule has 516 valence electrons. The summed E-state index contributed by atoms with van der Waals surface area (Å²) in [6, 6.07) is -2.94. The van der Waals surface area contributed by atoms with Crippen LogP contribution in [-0.4, -0.2) is 402 Å². The summed E-state index contributed by atoms with van der Waals surface area (Å²) in [5.74, 6) is -4.26. The summed E-state index contributed by atoms with van der Waals surface area (Å²) in [7, 11) is 0. The quantitative estimate of drug-likeness (QED) is 0.0724. The minimum atomic E-state index is -2.27. The predicted molar refractivity (Wildman–Crippen MR) is 280 cm³/mol. The summed E-state index contributed by atoms with van der Waals surface area (Å²) in [6.45, 7) is -5.43. The van der Waals surface area contributed by atoms with Crippen molar-refractivity contribution >= 4 is 35.5 Å². The molecule has 0 aromatic heterocycles. The van der Waals surface area contributed by atoms with E-state index in [-0.39, 0.29) is 11.5 Å². The van der Waals surface area contributed by atoms with Crippen LogP contribution in [0.2, 0.25) is 0 Å². The molecule has 25 N–H and O–H groups in total. The zero-order chi connectivity index (χ0) is 65.2. The van der Waals surface area contributed by atoms with E-state index < -0.39 is 284 Å². The van der Waals surface area contributed by atoms with E-state index in [1.165, 1.54) is 0 Å². The zero-order valence-corrected chi connectivity index (χ0v) is 48.3. The van der Waals surface area contributed by atoms with Crippen molar-refractivity contribution in [3.8, 4) is 0 Å². The molecule has 21 rings (SSSR count). The molecule has 0 spiro atoms. The molecule has 21 saturated heterocycles. The molecule has 37 atom stereocenters. The van der Waals surface area contributed by atoms with Gasteiger partial charge in [-0.3, -0.25) is 9.59 Å². The lowest BCUT2D eigenvalue weighted by Crippen LogP contribution is -2.68. The fourth-order valence-electron chi connectivity index (χ4n) is 11.2. The van der Waals surface area contributed by atoms with Gasteiger partial charge in [0.1, 0.15) is 171 Å². The van der Waals surface area contributed by atoms with Crippen molar-refractivity contribution in [1.82, 2.24) is 0 Å². The third-order valence-electron chi connectivity index (χ3n) is 16.2. The van der Waals surface area contributed by atoms with Crippen LogP contribution in [0.1, 0.15) is 0 Å². The molecule has 0 amide bonds. The lowest BCUT2D eigenvalue weighted by Gasteiger charge is -2.50. The Balaban J connectivity index is 1.11. The van der Waals surface area contributed by atoms with Crippen LogP contribution < -0.4 is 11.5 Å². The monoisotopic (exact) mass is 1340 g/mol. The molecular formula is C48H80N2O37S2. The summed E-state index contributed by atoms with van der Waals surface area (Å²) in [6.07, 6.45) is -71.4. The first-order chi connectivity index (χ1) is 42.2. The van der Waals surface area contributed by atoms with Gasteiger partial charge >= 0.3 is 11.9 Å². The van der Waals surface area contributed by atoms with Crippen molar-refractivity contribution in [2.75, 3.05) is 56.0 Å². The van der Waals surface area contributed by atoms with E-state index in [4.69, 9.17) is 77.8 Å². The van der Waals surface area contributed by atoms with Gasteiger partial charge in [-0.1, -0.05) is 0 Å². The molecule has 21 heterocycles. The molecule has 89 heavy (non-hydrogen) atoms. The van der Waals surface area contributed by atoms with Crippen LogP contribution in [0.5, 0.6) is 0 Å². The fraction of sp³-hybridized carbons (Fsp3) is 0.958. The van der Waals surface area contributed by atoms with Gasteiger partial charge in [-0.15, -0.1) is 0 Å². The zero-order valence-electron chi connectivity index (χ0n) is 46.6. The summed E-state index contributed by atoms with van der Waals surface area (Å²) >= 11 is 1.60. The number of hydrogen-bond donors (Lipinski definition) is 23. The van der Waals surface area contributed by atoms with Crippen molar-refractivity contribution in [3.05, 3.63) is 0 Å². The fourth-order valence-corrected chi connectivity index (χ4v) is 13.2. The van der Waals surface area contributed by atoms with Crippen LogP contribution in [0.25, 0.3) is 0 Å². The normalized spacial score (nSPS) is 50.1. The molecule has 0 aromatic carbocycles. The van der Waals surface area contributed by atoms with Gasteiger partial charge in [-0.25, -0.2) is 0 Å². The van der Waals surface area contributed by atoms with Gasteiger partial charge in [-0.2, -0.15) is 23.5 Å². The van der Waals surface area contributed by atoms with Gasteiger partial charge in [0, 0.05) is 23.0 Å². The number of nitrogens with two attached hydrogens (primary N) is 2. The van der Waals surface area contributed by atoms with Crippen LogP contribution in [0.15, 0.2) is 0 Å². The SMILES string of the molecule is N[C@H](CSCC1O[C@H]2O[C@@H]3C(CO)O[C@H](O[C@@H]4C(CO)O[C@H](O[C@@H]5C(CO)O[C@H](O[C@@H]6C(CSC[C@@H](N)C(=O)O)O[C@H](O[C@@H]7C(CO)O[C@@H](O[C@@H]8C(CO)O[C@@H](O[C@H]1C(O)[C@@H]2O)[C@@H](O)C8O)[C@@H](O)C7O)C(O)[C@H]6O)C(O)[C@H]5O)C(O)[C@H]4O)[C@@H](O)C3O)C(=O)O. The van der Waals surface area contributed by atoms with Crippen molar-refractivity contribution in [2.24, 2.45) is 11.5 Å². The smallest absolute Gasteiger partial charge is 0.321 e. The molecule has 0 saturated carbocycles. The second-order valence-corrected chi connectivity index (χ2v) is 24.4. The number of aliphatic carboxylic acids is 2. The average molecular weight is 1340 g/mol. The highest BCUT2D eigenvalue weighted by atomic mass is 32.2. The van der Waals surface area contributed by atoms with Gasteiger partial charge in [0.2, 0.25) is 0 Å². The highest BCUT2D eigenvalue weighted by Gasteiger charge is 2.60. The van der Waals surface area contributed by atoms with Crippen LogP contribution in [0, 0.1) is 0 Å². The van der Waals surface area contributed by atoms with E-state index in [9.17, 15) is 117 Å². The Morgan fingerprint density at radius 1 is 0.281 bits per heavy atom. The number of aliphatic hydroxyl groups excluding tert-OH is 19. The Labute approximate surface area is 511 Å². The standard InChI is InChI=1S/C48H80N2O37S2/c49-10(40(70)71)6-88-8-17-38-25(62)32(69)48(80-17)85-37-16(5-55)76-44(28(65)21(37)58)83-35-14(3-53)78-46(30(67)23(35)60)87-39-18(9-89-7-11(50)41(72)73)79-47(31(68)24(39)61)84-36-15(4-54)75-43(27(64)20(36)57)81-33-12(1-51)74-42(26(63)19(33)56)82-34-13(2-52)77-45(86-38)29(66)22(34)59/h10-39,42-48,51-69H,1-9,49-50H2,(H,70,71)(H,72,73)/t10-,11-,12?,13?,14?,15?,16?,17?,18?,19-,20?,21?,22-,23?,24?,25-,26?,27+,28+,29?,30+,31+,32?,33-,34-,35-,36-,37-,38-,39-,42-,43-,44+,45-,46+,47+,48-/m1/s1. The Morgan fingerprint density at radius 2 is 0.438 bits per heavy atom. The number of ether oxygens (including phenoxy) is 14. The second-order valence-electron chi connectivity index (χ2n) is 22.3. The molecule has 0 aromatic rings. The van der Waals surface area contributed by atoms with Crippen molar-refractivity contribution in [1.29, 1.82) is 0 Å². The second kappa shape index (κ2) is 31.9. The molecule has 21 aliphatic heterocycles. The maximum atomic E-state index is 11.7. The summed E-state index contributed by atoms with van der Waals surface area (Å²) in [4.78, 5) is 23.2. The third kappa shape index (κ3) is 15.9. The molecule has 21 aliphatic rings. The van der Waals surface area contributed by atoms with Gasteiger partial charge < -0.3 is 185 Å². The summed E-state index contributed by atoms with van der Waals surface area (Å²) < 4.78 is 81.6. The summed E-state index contributed by atoms with van der Waals surface area (Å²) in [5, 5.41) is 233. The lowest BCUT2D eigenvalue weighted by molar-refractivity contribution is -0.395. The van der Waals surface area contributed by atoms with Crippen LogP contribution in [0.3, 0.4) is 0 Å². The molecule has 21 fully saturated rings. The predicted octanol–water partition coefficient (Wildman–Crippen LogP) is -14.9. The highest BCUT2D eigenvalue weighted by molar-refractivity contribution is 7.99. The first-order valence-corrected chi connectivity index (χ1v) is 30.4. The molecule has 14 bridgehead atoms. The number of rotatable bonds is 15. The Morgan fingerprint density at radius 3 is 0.596 bits per heavy atom. The van der Waals surface area contributed by atoms with Crippen molar-refractivity contribution in [2.45, 2.75) is 227 Å². The molecule has 0 aliphatic carbocycles. The molecule has 0 radical (unpaired) electrons.